The molecule has 0 spiro atoms. The van der Waals surface area contributed by atoms with Gasteiger partial charge in [-0.25, -0.2) is 4.57 Å². The Morgan fingerprint density at radius 3 is 1.78 bits per heavy atom. The molecule has 0 radical (unpaired) electrons. The molecule has 1 aromatic carbocycles. The number of halogens is 6. The van der Waals surface area contributed by atoms with Crippen molar-refractivity contribution in [2.45, 2.75) is 34.2 Å². The van der Waals surface area contributed by atoms with Crippen LogP contribution in [0.25, 0.3) is 0 Å². The van der Waals surface area contributed by atoms with E-state index in [4.69, 9.17) is 4.52 Å². The van der Waals surface area contributed by atoms with E-state index in [9.17, 15) is 14.4 Å². The molecule has 0 saturated heterocycles. The highest BCUT2D eigenvalue weighted by molar-refractivity contribution is 9.25. The second kappa shape index (κ2) is 9.27. The van der Waals surface area contributed by atoms with E-state index in [0.29, 0.717) is 16.2 Å². The lowest BCUT2D eigenvalue weighted by atomic mass is 9.80. The maximum absolute atomic E-state index is 11.6. The van der Waals surface area contributed by atoms with E-state index < -0.39 is 19.7 Å². The van der Waals surface area contributed by atoms with Gasteiger partial charge in [0.25, 0.3) is 0 Å². The summed E-state index contributed by atoms with van der Waals surface area (Å²) in [5, 5.41) is 1.28. The lowest BCUT2D eigenvalue weighted by Gasteiger charge is -2.44. The summed E-state index contributed by atoms with van der Waals surface area (Å²) in [6, 6.07) is 5.16. The fourth-order valence-corrected chi connectivity index (χ4v) is 6.99. The average molecular weight is 788 g/mol. The first kappa shape index (κ1) is 27.1. The monoisotopic (exact) mass is 782 g/mol. The number of hydrogen-bond acceptors (Lipinski definition) is 2. The van der Waals surface area contributed by atoms with Gasteiger partial charge in [-0.1, -0.05) is 135 Å². The molecule has 0 atom stereocenters. The van der Waals surface area contributed by atoms with Crippen LogP contribution >= 0.6 is 103 Å². The van der Waals surface area contributed by atoms with E-state index in [0.717, 1.165) is 5.56 Å². The Hall–Kier alpha value is 2.05. The minimum absolute atomic E-state index is 0.0947. The normalized spacial score (nSPS) is 14.4. The molecule has 0 aliphatic carbocycles. The maximum atomic E-state index is 11.6. The van der Waals surface area contributed by atoms with E-state index in [-0.39, 0.29) is 11.2 Å². The number of phosphoric acid groups is 1. The SMILES string of the molecule is CC(C)(CBr)C(Br)(Br)c1cccc(OP(=O)(O)O)c1C(Br)(Br)C(C)(C)CBr. The number of benzene rings is 1. The third-order valence-corrected chi connectivity index (χ3v) is 13.4. The molecule has 27 heavy (non-hydrogen) atoms. The highest BCUT2D eigenvalue weighted by Crippen LogP contribution is 2.63. The van der Waals surface area contributed by atoms with Gasteiger partial charge >= 0.3 is 7.82 Å². The van der Waals surface area contributed by atoms with Gasteiger partial charge in [-0.15, -0.1) is 0 Å². The van der Waals surface area contributed by atoms with E-state index in [1.807, 2.05) is 19.9 Å². The van der Waals surface area contributed by atoms with Crippen molar-refractivity contribution in [3.63, 3.8) is 0 Å². The molecule has 0 unspecified atom stereocenters. The zero-order valence-corrected chi connectivity index (χ0v) is 25.5. The van der Waals surface area contributed by atoms with Gasteiger partial charge in [0.2, 0.25) is 0 Å². The Morgan fingerprint density at radius 2 is 1.37 bits per heavy atom. The summed E-state index contributed by atoms with van der Waals surface area (Å²) in [5.41, 5.74) is 0.656. The molecule has 0 fully saturated rings. The molecule has 0 saturated carbocycles. The van der Waals surface area contributed by atoms with Gasteiger partial charge < -0.3 is 4.52 Å². The van der Waals surface area contributed by atoms with Gasteiger partial charge in [0.05, 0.1) is 0 Å². The van der Waals surface area contributed by atoms with Crippen LogP contribution in [0, 0.1) is 10.8 Å². The van der Waals surface area contributed by atoms with Crippen molar-refractivity contribution in [2.75, 3.05) is 10.7 Å². The molecule has 1 aromatic rings. The minimum atomic E-state index is -4.76. The van der Waals surface area contributed by atoms with Crippen LogP contribution in [0.5, 0.6) is 5.75 Å². The minimum Gasteiger partial charge on any atom is -0.404 e. The van der Waals surface area contributed by atoms with Gasteiger partial charge in [0.1, 0.15) is 12.2 Å². The first-order chi connectivity index (χ1) is 11.9. The Morgan fingerprint density at radius 1 is 0.926 bits per heavy atom. The highest BCUT2D eigenvalue weighted by atomic mass is 79.9. The van der Waals surface area contributed by atoms with Gasteiger partial charge in [0.15, 0.2) is 0 Å². The van der Waals surface area contributed by atoms with Crippen molar-refractivity contribution in [3.8, 4) is 5.75 Å². The number of phosphoric ester groups is 1. The van der Waals surface area contributed by atoms with E-state index in [1.54, 1.807) is 12.1 Å². The topological polar surface area (TPSA) is 66.8 Å². The lowest BCUT2D eigenvalue weighted by molar-refractivity contribution is 0.279. The summed E-state index contributed by atoms with van der Waals surface area (Å²) in [5.74, 6) is 0.0947. The first-order valence-corrected chi connectivity index (χ1v) is 14.7. The van der Waals surface area contributed by atoms with Crippen LogP contribution in [-0.4, -0.2) is 20.4 Å². The average Bonchev–Trinajstić information content (AvgIpc) is 2.52. The van der Waals surface area contributed by atoms with Crippen molar-refractivity contribution in [3.05, 3.63) is 29.3 Å². The zero-order valence-electron chi connectivity index (χ0n) is 15.1. The summed E-state index contributed by atoms with van der Waals surface area (Å²) in [6.07, 6.45) is 0. The second-order valence-corrected chi connectivity index (χ2v) is 16.6. The van der Waals surface area contributed by atoms with Crippen molar-refractivity contribution >= 4 is 103 Å². The van der Waals surface area contributed by atoms with Crippen LogP contribution in [0.2, 0.25) is 0 Å². The quantitative estimate of drug-likeness (QED) is 0.208. The fourth-order valence-electron chi connectivity index (χ4n) is 2.19. The summed E-state index contributed by atoms with van der Waals surface area (Å²) >= 11 is 22.2. The second-order valence-electron chi connectivity index (χ2n) is 7.44. The van der Waals surface area contributed by atoms with Crippen LogP contribution in [0.1, 0.15) is 38.8 Å². The third-order valence-electron chi connectivity index (χ3n) is 4.26. The molecule has 0 aliphatic heterocycles. The predicted octanol–water partition coefficient (Wildman–Crippen LogP) is 7.89. The van der Waals surface area contributed by atoms with Crippen molar-refractivity contribution in [1.29, 1.82) is 0 Å². The summed E-state index contributed by atoms with van der Waals surface area (Å²) < 4.78 is 15.1. The van der Waals surface area contributed by atoms with Gasteiger partial charge in [0, 0.05) is 27.1 Å². The first-order valence-electron chi connectivity index (χ1n) is 7.71. The molecular weight excluding hydrogens is 767 g/mol. The molecule has 4 nitrogen and oxygen atoms in total. The molecule has 1 rings (SSSR count). The Bertz CT molecular complexity index is 730. The molecule has 0 aromatic heterocycles. The molecule has 156 valence electrons. The predicted molar refractivity (Wildman–Crippen MR) is 133 cm³/mol. The molecule has 0 bridgehead atoms. The van der Waals surface area contributed by atoms with Gasteiger partial charge in [-0.2, -0.15) is 0 Å². The Labute approximate surface area is 211 Å². The smallest absolute Gasteiger partial charge is 0.404 e. The van der Waals surface area contributed by atoms with Crippen LogP contribution in [-0.2, 0) is 11.0 Å². The van der Waals surface area contributed by atoms with E-state index in [2.05, 4.69) is 109 Å². The van der Waals surface area contributed by atoms with Crippen LogP contribution < -0.4 is 4.52 Å². The zero-order chi connectivity index (χ0) is 21.5. The summed E-state index contributed by atoms with van der Waals surface area (Å²) in [4.78, 5) is 18.9. The number of alkyl halides is 6. The van der Waals surface area contributed by atoms with Crippen molar-refractivity contribution < 1.29 is 18.9 Å². The Balaban J connectivity index is 3.92. The van der Waals surface area contributed by atoms with Crippen molar-refractivity contribution in [2.24, 2.45) is 10.8 Å². The number of hydrogen-bond donors (Lipinski definition) is 2. The highest BCUT2D eigenvalue weighted by Gasteiger charge is 2.51. The van der Waals surface area contributed by atoms with E-state index >= 15 is 0 Å². The summed E-state index contributed by atoms with van der Waals surface area (Å²) in [7, 11) is -4.76. The number of rotatable bonds is 8. The van der Waals surface area contributed by atoms with Gasteiger partial charge in [-0.05, 0) is 11.6 Å². The lowest BCUT2D eigenvalue weighted by Crippen LogP contribution is -2.38. The van der Waals surface area contributed by atoms with Gasteiger partial charge in [-0.3, -0.25) is 9.79 Å². The molecule has 0 heterocycles. The van der Waals surface area contributed by atoms with Crippen LogP contribution in [0.4, 0.5) is 0 Å². The van der Waals surface area contributed by atoms with E-state index in [1.165, 1.54) is 0 Å². The fraction of sp³-hybridized carbons (Fsp3) is 0.625. The molecule has 0 amide bonds. The maximum Gasteiger partial charge on any atom is 0.524 e. The van der Waals surface area contributed by atoms with Crippen LogP contribution in [0.3, 0.4) is 0 Å². The molecule has 2 N–H and O–H groups in total. The third kappa shape index (κ3) is 5.85. The Kier molecular flexibility index (Phi) is 9.30. The molecular formula is C16H21Br6O4P. The molecule has 0 aliphatic rings. The summed E-state index contributed by atoms with van der Waals surface area (Å²) in [6.45, 7) is 8.16. The van der Waals surface area contributed by atoms with Crippen molar-refractivity contribution in [1.82, 2.24) is 0 Å². The largest absolute Gasteiger partial charge is 0.524 e. The molecule has 11 heteroatoms. The standard InChI is InChI=1S/C16H21Br6O4P/c1-13(2,8-17)15(19,20)10-6-5-7-11(26-27(23,24)25)12(10)16(21,22)14(3,4)9-18/h5-7H,8-9H2,1-4H3,(H2,23,24,25). The van der Waals surface area contributed by atoms with Crippen LogP contribution in [0.15, 0.2) is 18.2 Å².